The topological polar surface area (TPSA) is 61.8 Å². The van der Waals surface area contributed by atoms with Crippen molar-refractivity contribution < 1.29 is 9.59 Å². The van der Waals surface area contributed by atoms with Crippen LogP contribution in [0.4, 0.5) is 11.4 Å². The van der Waals surface area contributed by atoms with E-state index in [9.17, 15) is 9.59 Å². The van der Waals surface area contributed by atoms with Crippen molar-refractivity contribution in [3.05, 3.63) is 58.6 Å². The summed E-state index contributed by atoms with van der Waals surface area (Å²) in [5.74, 6) is -0.225. The smallest absolute Gasteiger partial charge is 0.242 e. The fraction of sp³-hybridized carbons (Fsp3) is 0.318. The molecule has 1 unspecified atom stereocenters. The number of amides is 2. The van der Waals surface area contributed by atoms with Crippen molar-refractivity contribution in [2.75, 3.05) is 5.32 Å². The number of anilines is 1. The lowest BCUT2D eigenvalue weighted by Crippen LogP contribution is -2.35. The minimum absolute atomic E-state index is 0.0252. The lowest BCUT2D eigenvalue weighted by atomic mass is 10.2. The first-order valence-electron chi connectivity index (χ1n) is 9.63. The van der Waals surface area contributed by atoms with Gasteiger partial charge in [-0.2, -0.15) is 0 Å². The summed E-state index contributed by atoms with van der Waals surface area (Å²) in [6, 6.07) is 13.4. The number of amidine groups is 1. The number of benzene rings is 2. The SMILES string of the molecule is Cc1ccccc1N=C1SC(CC(=O)Nc2cccc(Cl)c2C)C(=O)N1C1CC1. The summed E-state index contributed by atoms with van der Waals surface area (Å²) in [5, 5.41) is 3.72. The third-order valence-corrected chi connectivity index (χ3v) is 6.68. The van der Waals surface area contributed by atoms with Crippen molar-refractivity contribution in [3.63, 3.8) is 0 Å². The second-order valence-corrected chi connectivity index (χ2v) is 8.97. The molecule has 2 aromatic rings. The van der Waals surface area contributed by atoms with Crippen LogP contribution in [-0.4, -0.2) is 33.2 Å². The van der Waals surface area contributed by atoms with Gasteiger partial charge < -0.3 is 5.32 Å². The molecule has 2 aliphatic rings. The Labute approximate surface area is 179 Å². The van der Waals surface area contributed by atoms with Gasteiger partial charge in [-0.25, -0.2) is 4.99 Å². The quantitative estimate of drug-likeness (QED) is 0.723. The van der Waals surface area contributed by atoms with Crippen LogP contribution in [0.25, 0.3) is 0 Å². The van der Waals surface area contributed by atoms with Crippen LogP contribution in [-0.2, 0) is 9.59 Å². The summed E-state index contributed by atoms with van der Waals surface area (Å²) >= 11 is 7.51. The molecule has 0 spiro atoms. The average molecular weight is 428 g/mol. The highest BCUT2D eigenvalue weighted by molar-refractivity contribution is 8.15. The average Bonchev–Trinajstić information content (AvgIpc) is 3.47. The maximum atomic E-state index is 13.0. The van der Waals surface area contributed by atoms with Crippen molar-refractivity contribution in [3.8, 4) is 0 Å². The van der Waals surface area contributed by atoms with Crippen molar-refractivity contribution >= 4 is 51.7 Å². The number of hydrogen-bond donors (Lipinski definition) is 1. The molecule has 29 heavy (non-hydrogen) atoms. The Bertz CT molecular complexity index is 1000. The molecule has 150 valence electrons. The Hall–Kier alpha value is -2.31. The van der Waals surface area contributed by atoms with Gasteiger partial charge in [0.2, 0.25) is 11.8 Å². The summed E-state index contributed by atoms with van der Waals surface area (Å²) in [7, 11) is 0. The number of nitrogens with one attached hydrogen (secondary N) is 1. The maximum absolute atomic E-state index is 13.0. The van der Waals surface area contributed by atoms with E-state index >= 15 is 0 Å². The highest BCUT2D eigenvalue weighted by atomic mass is 35.5. The Morgan fingerprint density at radius 2 is 1.97 bits per heavy atom. The van der Waals surface area contributed by atoms with Gasteiger partial charge in [-0.15, -0.1) is 0 Å². The molecule has 1 saturated carbocycles. The normalized spacial score (nSPS) is 20.4. The second kappa shape index (κ2) is 8.20. The van der Waals surface area contributed by atoms with Crippen LogP contribution in [0.3, 0.4) is 0 Å². The van der Waals surface area contributed by atoms with E-state index in [0.29, 0.717) is 15.9 Å². The van der Waals surface area contributed by atoms with E-state index in [-0.39, 0.29) is 24.3 Å². The zero-order valence-corrected chi connectivity index (χ0v) is 17.9. The number of hydrogen-bond acceptors (Lipinski definition) is 4. The Morgan fingerprint density at radius 1 is 1.21 bits per heavy atom. The van der Waals surface area contributed by atoms with Crippen molar-refractivity contribution in [1.29, 1.82) is 0 Å². The first kappa shape index (κ1) is 20.0. The van der Waals surface area contributed by atoms with Crippen LogP contribution in [0.5, 0.6) is 0 Å². The number of para-hydroxylation sites is 1. The standard InChI is InChI=1S/C22H22ClN3O2S/c1-13-6-3-4-8-17(13)25-22-26(15-10-11-15)21(28)19(29-22)12-20(27)24-18-9-5-7-16(23)14(18)2/h3-9,15,19H,10-12H2,1-2H3,(H,24,27). The fourth-order valence-corrected chi connectivity index (χ4v) is 4.65. The molecule has 5 nitrogen and oxygen atoms in total. The van der Waals surface area contributed by atoms with Gasteiger partial charge >= 0.3 is 0 Å². The van der Waals surface area contributed by atoms with E-state index in [1.165, 1.54) is 11.8 Å². The number of carbonyl (C=O) groups excluding carboxylic acids is 2. The highest BCUT2D eigenvalue weighted by Crippen LogP contribution is 2.40. The van der Waals surface area contributed by atoms with Gasteiger partial charge in [-0.05, 0) is 56.0 Å². The van der Waals surface area contributed by atoms with Gasteiger partial charge in [0.25, 0.3) is 0 Å². The second-order valence-electron chi connectivity index (χ2n) is 7.39. The van der Waals surface area contributed by atoms with Crippen LogP contribution in [0.1, 0.15) is 30.4 Å². The van der Waals surface area contributed by atoms with Crippen LogP contribution < -0.4 is 5.32 Å². The molecule has 1 saturated heterocycles. The molecular formula is C22H22ClN3O2S. The van der Waals surface area contributed by atoms with Gasteiger partial charge in [0.15, 0.2) is 5.17 Å². The molecule has 0 aromatic heterocycles. The predicted octanol–water partition coefficient (Wildman–Crippen LogP) is 5.08. The van der Waals surface area contributed by atoms with E-state index in [2.05, 4.69) is 5.32 Å². The molecule has 4 rings (SSSR count). The summed E-state index contributed by atoms with van der Waals surface area (Å²) in [6.07, 6.45) is 2.07. The molecule has 1 atom stereocenters. The summed E-state index contributed by atoms with van der Waals surface area (Å²) in [4.78, 5) is 32.2. The molecule has 1 aliphatic heterocycles. The van der Waals surface area contributed by atoms with Crippen LogP contribution in [0, 0.1) is 13.8 Å². The number of aryl methyl sites for hydroxylation is 1. The summed E-state index contributed by atoms with van der Waals surface area (Å²) < 4.78 is 0. The molecule has 0 radical (unpaired) electrons. The Morgan fingerprint density at radius 3 is 2.69 bits per heavy atom. The van der Waals surface area contributed by atoms with Crippen LogP contribution in [0.15, 0.2) is 47.5 Å². The van der Waals surface area contributed by atoms with Gasteiger partial charge in [-0.3, -0.25) is 14.5 Å². The molecule has 1 N–H and O–H groups in total. The summed E-state index contributed by atoms with van der Waals surface area (Å²) in [6.45, 7) is 3.86. The predicted molar refractivity (Wildman–Crippen MR) is 119 cm³/mol. The molecule has 7 heteroatoms. The largest absolute Gasteiger partial charge is 0.326 e. The van der Waals surface area contributed by atoms with E-state index in [1.54, 1.807) is 17.0 Å². The van der Waals surface area contributed by atoms with Crippen molar-refractivity contribution in [2.45, 2.75) is 44.4 Å². The van der Waals surface area contributed by atoms with Crippen LogP contribution in [0.2, 0.25) is 5.02 Å². The van der Waals surface area contributed by atoms with Crippen LogP contribution >= 0.6 is 23.4 Å². The molecule has 0 bridgehead atoms. The number of halogens is 1. The molecule has 2 fully saturated rings. The lowest BCUT2D eigenvalue weighted by Gasteiger charge is -2.15. The molecule has 1 aliphatic carbocycles. The van der Waals surface area contributed by atoms with Crippen molar-refractivity contribution in [1.82, 2.24) is 4.90 Å². The Balaban J connectivity index is 1.51. The zero-order valence-electron chi connectivity index (χ0n) is 16.3. The van der Waals surface area contributed by atoms with Gasteiger partial charge in [0, 0.05) is 23.2 Å². The monoisotopic (exact) mass is 427 g/mol. The van der Waals surface area contributed by atoms with E-state index in [1.807, 2.05) is 44.2 Å². The van der Waals surface area contributed by atoms with Crippen molar-refractivity contribution in [2.24, 2.45) is 4.99 Å². The zero-order chi connectivity index (χ0) is 20.5. The van der Waals surface area contributed by atoms with Gasteiger partial charge in [-0.1, -0.05) is 47.6 Å². The Kier molecular flexibility index (Phi) is 5.65. The third kappa shape index (κ3) is 4.33. The first-order valence-corrected chi connectivity index (χ1v) is 10.9. The third-order valence-electron chi connectivity index (χ3n) is 5.12. The number of carbonyl (C=O) groups is 2. The minimum atomic E-state index is -0.460. The molecule has 2 aromatic carbocycles. The highest BCUT2D eigenvalue weighted by Gasteiger charge is 2.46. The maximum Gasteiger partial charge on any atom is 0.242 e. The number of rotatable bonds is 5. The van der Waals surface area contributed by atoms with E-state index in [0.717, 1.165) is 29.7 Å². The summed E-state index contributed by atoms with van der Waals surface area (Å²) in [5.41, 5.74) is 3.40. The molecule has 1 heterocycles. The minimum Gasteiger partial charge on any atom is -0.326 e. The number of thioether (sulfide) groups is 1. The molecular weight excluding hydrogens is 406 g/mol. The van der Waals surface area contributed by atoms with E-state index in [4.69, 9.17) is 16.6 Å². The first-order chi connectivity index (χ1) is 13.9. The number of aliphatic imine (C=N–C) groups is 1. The number of nitrogens with zero attached hydrogens (tertiary/aromatic N) is 2. The fourth-order valence-electron chi connectivity index (χ4n) is 3.27. The van der Waals surface area contributed by atoms with E-state index < -0.39 is 5.25 Å². The lowest BCUT2D eigenvalue weighted by molar-refractivity contribution is -0.128. The van der Waals surface area contributed by atoms with Gasteiger partial charge in [0.05, 0.1) is 5.69 Å². The van der Waals surface area contributed by atoms with Gasteiger partial charge in [0.1, 0.15) is 5.25 Å². The molecule has 2 amide bonds.